The summed E-state index contributed by atoms with van der Waals surface area (Å²) >= 11 is 0. The molecule has 0 aliphatic rings. The number of benzene rings is 1. The molecule has 0 radical (unpaired) electrons. The van der Waals surface area contributed by atoms with Crippen molar-refractivity contribution in [3.63, 3.8) is 0 Å². The van der Waals surface area contributed by atoms with E-state index in [1.165, 1.54) is 12.1 Å². The second kappa shape index (κ2) is 8.32. The summed E-state index contributed by atoms with van der Waals surface area (Å²) in [6.07, 6.45) is 8.23. The Kier molecular flexibility index (Phi) is 5.66. The van der Waals surface area contributed by atoms with E-state index in [1.807, 2.05) is 30.0 Å². The van der Waals surface area contributed by atoms with Crippen LogP contribution in [-0.2, 0) is 13.0 Å². The number of aromatic nitrogens is 3. The number of aliphatic imine (C=N–C) groups is 1. The van der Waals surface area contributed by atoms with Crippen LogP contribution in [0.25, 0.3) is 10.9 Å². The largest absolute Gasteiger partial charge is 0.361 e. The molecule has 2 aromatic heterocycles. The molecule has 6 nitrogen and oxygen atoms in total. The summed E-state index contributed by atoms with van der Waals surface area (Å²) in [5.41, 5.74) is 1.97. The molecule has 0 fully saturated rings. The van der Waals surface area contributed by atoms with Crippen molar-refractivity contribution in [1.29, 1.82) is 0 Å². The predicted molar refractivity (Wildman–Crippen MR) is 98.2 cm³/mol. The molecule has 0 bridgehead atoms. The molecule has 1 aromatic carbocycles. The Balaban J connectivity index is 1.55. The van der Waals surface area contributed by atoms with Gasteiger partial charge in [-0.15, -0.1) is 0 Å². The number of fused-ring (bicyclic) bond motifs is 1. The van der Waals surface area contributed by atoms with E-state index in [9.17, 15) is 4.39 Å². The summed E-state index contributed by atoms with van der Waals surface area (Å²) in [6.45, 7) is 5.11. The summed E-state index contributed by atoms with van der Waals surface area (Å²) in [6, 6.07) is 4.82. The van der Waals surface area contributed by atoms with Gasteiger partial charge < -0.3 is 20.2 Å². The van der Waals surface area contributed by atoms with Crippen molar-refractivity contribution in [2.45, 2.75) is 19.9 Å². The number of rotatable bonds is 7. The molecule has 0 spiro atoms. The van der Waals surface area contributed by atoms with E-state index in [0.717, 1.165) is 48.5 Å². The van der Waals surface area contributed by atoms with Gasteiger partial charge in [-0.2, -0.15) is 0 Å². The average Bonchev–Trinajstić information content (AvgIpc) is 3.24. The van der Waals surface area contributed by atoms with E-state index in [-0.39, 0.29) is 5.82 Å². The first kappa shape index (κ1) is 17.0. The first-order valence-corrected chi connectivity index (χ1v) is 8.49. The summed E-state index contributed by atoms with van der Waals surface area (Å²) in [4.78, 5) is 11.8. The fraction of sp³-hybridized carbons (Fsp3) is 0.333. The molecule has 0 amide bonds. The van der Waals surface area contributed by atoms with Gasteiger partial charge in [-0.05, 0) is 37.1 Å². The van der Waals surface area contributed by atoms with Crippen LogP contribution < -0.4 is 10.6 Å². The van der Waals surface area contributed by atoms with Gasteiger partial charge in [0.2, 0.25) is 0 Å². The van der Waals surface area contributed by atoms with Crippen LogP contribution in [0.1, 0.15) is 12.5 Å². The maximum atomic E-state index is 13.2. The van der Waals surface area contributed by atoms with Crippen molar-refractivity contribution in [3.05, 3.63) is 54.5 Å². The summed E-state index contributed by atoms with van der Waals surface area (Å²) in [5, 5.41) is 7.61. The minimum atomic E-state index is -0.226. The molecule has 3 N–H and O–H groups in total. The molecular formula is C18H23FN6. The highest BCUT2D eigenvalue weighted by molar-refractivity contribution is 5.83. The van der Waals surface area contributed by atoms with Crippen molar-refractivity contribution in [1.82, 2.24) is 25.2 Å². The van der Waals surface area contributed by atoms with E-state index in [2.05, 4.69) is 25.6 Å². The van der Waals surface area contributed by atoms with Gasteiger partial charge in [0.25, 0.3) is 0 Å². The SMILES string of the molecule is CCNC(=NCCc1c[nH]c2cc(F)ccc12)NCCn1ccnc1. The third-order valence-corrected chi connectivity index (χ3v) is 3.95. The molecule has 0 saturated heterocycles. The van der Waals surface area contributed by atoms with E-state index >= 15 is 0 Å². The lowest BCUT2D eigenvalue weighted by Gasteiger charge is -2.11. The molecule has 132 valence electrons. The van der Waals surface area contributed by atoms with Crippen LogP contribution >= 0.6 is 0 Å². The first-order chi connectivity index (χ1) is 12.3. The van der Waals surface area contributed by atoms with Crippen molar-refractivity contribution in [3.8, 4) is 0 Å². The minimum absolute atomic E-state index is 0.226. The van der Waals surface area contributed by atoms with Crippen LogP contribution in [0.3, 0.4) is 0 Å². The number of imidazole rings is 1. The van der Waals surface area contributed by atoms with Crippen molar-refractivity contribution in [2.24, 2.45) is 4.99 Å². The zero-order valence-electron chi connectivity index (χ0n) is 14.3. The zero-order valence-corrected chi connectivity index (χ0v) is 14.3. The summed E-state index contributed by atoms with van der Waals surface area (Å²) in [5.74, 6) is 0.573. The van der Waals surface area contributed by atoms with E-state index in [0.29, 0.717) is 6.54 Å². The van der Waals surface area contributed by atoms with E-state index in [1.54, 1.807) is 12.5 Å². The van der Waals surface area contributed by atoms with Crippen LogP contribution in [0.5, 0.6) is 0 Å². The third kappa shape index (κ3) is 4.59. The Bertz CT molecular complexity index is 821. The van der Waals surface area contributed by atoms with Gasteiger partial charge in [0.15, 0.2) is 5.96 Å². The number of guanidine groups is 1. The molecule has 0 saturated carbocycles. The maximum Gasteiger partial charge on any atom is 0.191 e. The van der Waals surface area contributed by atoms with Gasteiger partial charge in [0, 0.05) is 55.7 Å². The van der Waals surface area contributed by atoms with Crippen LogP contribution in [-0.4, -0.2) is 40.1 Å². The number of hydrogen-bond acceptors (Lipinski definition) is 2. The van der Waals surface area contributed by atoms with Crippen LogP contribution in [0.4, 0.5) is 4.39 Å². The lowest BCUT2D eigenvalue weighted by molar-refractivity contribution is 0.629. The Morgan fingerprint density at radius 1 is 1.36 bits per heavy atom. The molecule has 2 heterocycles. The topological polar surface area (TPSA) is 70.0 Å². The molecule has 3 rings (SSSR count). The molecule has 7 heteroatoms. The highest BCUT2D eigenvalue weighted by Gasteiger charge is 2.04. The summed E-state index contributed by atoms with van der Waals surface area (Å²) < 4.78 is 15.3. The first-order valence-electron chi connectivity index (χ1n) is 8.49. The van der Waals surface area contributed by atoms with E-state index in [4.69, 9.17) is 0 Å². The lowest BCUT2D eigenvalue weighted by Crippen LogP contribution is -2.39. The molecular weight excluding hydrogens is 319 g/mol. The van der Waals surface area contributed by atoms with Crippen molar-refractivity contribution >= 4 is 16.9 Å². The monoisotopic (exact) mass is 342 g/mol. The molecule has 25 heavy (non-hydrogen) atoms. The van der Waals surface area contributed by atoms with Gasteiger partial charge in [0.1, 0.15) is 5.82 Å². The Morgan fingerprint density at radius 3 is 3.08 bits per heavy atom. The summed E-state index contributed by atoms with van der Waals surface area (Å²) in [7, 11) is 0. The van der Waals surface area contributed by atoms with Gasteiger partial charge in [-0.3, -0.25) is 4.99 Å². The maximum absolute atomic E-state index is 13.2. The number of halogens is 1. The fourth-order valence-electron chi connectivity index (χ4n) is 2.72. The van der Waals surface area contributed by atoms with Crippen molar-refractivity contribution in [2.75, 3.05) is 19.6 Å². The standard InChI is InChI=1S/C18H23FN6/c1-2-21-18(23-8-10-25-9-7-20-13-25)22-6-5-14-12-24-17-11-15(19)3-4-16(14)17/h3-4,7,9,11-13,24H,2,5-6,8,10H2,1H3,(H2,21,22,23). The fourth-order valence-corrected chi connectivity index (χ4v) is 2.72. The average molecular weight is 342 g/mol. The minimum Gasteiger partial charge on any atom is -0.361 e. The normalized spacial score (nSPS) is 11.8. The van der Waals surface area contributed by atoms with E-state index < -0.39 is 0 Å². The quantitative estimate of drug-likeness (QED) is 0.456. The van der Waals surface area contributed by atoms with Crippen LogP contribution in [0.15, 0.2) is 48.1 Å². The Hall–Kier alpha value is -2.83. The predicted octanol–water partition coefficient (Wildman–Crippen LogP) is 2.30. The number of nitrogens with zero attached hydrogens (tertiary/aromatic N) is 3. The molecule has 0 unspecified atom stereocenters. The van der Waals surface area contributed by atoms with Crippen LogP contribution in [0, 0.1) is 5.82 Å². The smallest absolute Gasteiger partial charge is 0.191 e. The molecule has 3 aromatic rings. The second-order valence-electron chi connectivity index (χ2n) is 5.74. The Labute approximate surface area is 146 Å². The number of nitrogens with one attached hydrogen (secondary N) is 3. The van der Waals surface area contributed by atoms with Crippen molar-refractivity contribution < 1.29 is 4.39 Å². The zero-order chi connectivity index (χ0) is 17.5. The van der Waals surface area contributed by atoms with Gasteiger partial charge in [-0.25, -0.2) is 9.37 Å². The second-order valence-corrected chi connectivity index (χ2v) is 5.74. The van der Waals surface area contributed by atoms with Gasteiger partial charge >= 0.3 is 0 Å². The number of aromatic amines is 1. The highest BCUT2D eigenvalue weighted by atomic mass is 19.1. The van der Waals surface area contributed by atoms with Crippen LogP contribution in [0.2, 0.25) is 0 Å². The highest BCUT2D eigenvalue weighted by Crippen LogP contribution is 2.19. The van der Waals surface area contributed by atoms with Gasteiger partial charge in [-0.1, -0.05) is 0 Å². The lowest BCUT2D eigenvalue weighted by atomic mass is 10.1. The number of H-pyrrole nitrogens is 1. The molecule has 0 aliphatic heterocycles. The molecule has 0 aliphatic carbocycles. The molecule has 0 atom stereocenters. The third-order valence-electron chi connectivity index (χ3n) is 3.95. The van der Waals surface area contributed by atoms with Gasteiger partial charge in [0.05, 0.1) is 6.33 Å². The number of hydrogen-bond donors (Lipinski definition) is 3. The Morgan fingerprint density at radius 2 is 2.28 bits per heavy atom.